The van der Waals surface area contributed by atoms with E-state index in [2.05, 4.69) is 9.80 Å². The maximum absolute atomic E-state index is 12.7. The zero-order valence-electron chi connectivity index (χ0n) is 13.6. The van der Waals surface area contributed by atoms with Crippen LogP contribution in [0.1, 0.15) is 57.8 Å². The Balaban J connectivity index is 1.71. The van der Waals surface area contributed by atoms with Crippen LogP contribution in [-0.2, 0) is 4.79 Å². The fourth-order valence-electron chi connectivity index (χ4n) is 3.63. The Kier molecular flexibility index (Phi) is 7.51. The molecule has 4 heteroatoms. The number of piperazine rings is 1. The van der Waals surface area contributed by atoms with Gasteiger partial charge >= 0.3 is 0 Å². The van der Waals surface area contributed by atoms with E-state index >= 15 is 0 Å². The fraction of sp³-hybridized carbons (Fsp3) is 0.941. The smallest absolute Gasteiger partial charge is 0.225 e. The standard InChI is InChI=1S/C17H33N3O/c18-10-6-7-11-19-12-14-20(15-13-19)17(21)16-8-4-2-1-3-5-9-16/h16H,1-15,18H2. The summed E-state index contributed by atoms with van der Waals surface area (Å²) in [5.41, 5.74) is 5.54. The first-order valence-electron chi connectivity index (χ1n) is 9.02. The van der Waals surface area contributed by atoms with Crippen LogP contribution in [0.15, 0.2) is 0 Å². The topological polar surface area (TPSA) is 49.6 Å². The van der Waals surface area contributed by atoms with E-state index in [4.69, 9.17) is 5.73 Å². The summed E-state index contributed by atoms with van der Waals surface area (Å²) >= 11 is 0. The SMILES string of the molecule is NCCCCN1CCN(C(=O)C2CCCCCCC2)CC1. The monoisotopic (exact) mass is 295 g/mol. The lowest BCUT2D eigenvalue weighted by Gasteiger charge is -2.36. The van der Waals surface area contributed by atoms with Gasteiger partial charge in [-0.3, -0.25) is 9.69 Å². The molecule has 21 heavy (non-hydrogen) atoms. The molecule has 2 fully saturated rings. The number of hydrogen-bond donors (Lipinski definition) is 1. The van der Waals surface area contributed by atoms with Crippen molar-refractivity contribution in [2.24, 2.45) is 11.7 Å². The van der Waals surface area contributed by atoms with Gasteiger partial charge in [-0.2, -0.15) is 0 Å². The lowest BCUT2D eigenvalue weighted by atomic mass is 9.90. The Morgan fingerprint density at radius 3 is 2.14 bits per heavy atom. The molecule has 1 aliphatic carbocycles. The van der Waals surface area contributed by atoms with Gasteiger partial charge in [0.05, 0.1) is 0 Å². The number of rotatable bonds is 5. The van der Waals surface area contributed by atoms with Crippen molar-refractivity contribution in [2.45, 2.75) is 57.8 Å². The minimum Gasteiger partial charge on any atom is -0.340 e. The first kappa shape index (κ1) is 16.8. The van der Waals surface area contributed by atoms with E-state index in [1.807, 2.05) is 0 Å². The van der Waals surface area contributed by atoms with E-state index < -0.39 is 0 Å². The number of nitrogens with two attached hydrogens (primary N) is 1. The molecule has 2 rings (SSSR count). The normalized spacial score (nSPS) is 22.8. The highest BCUT2D eigenvalue weighted by Gasteiger charge is 2.27. The van der Waals surface area contributed by atoms with E-state index in [-0.39, 0.29) is 0 Å². The van der Waals surface area contributed by atoms with E-state index in [1.54, 1.807) is 0 Å². The molecule has 0 aromatic carbocycles. The number of hydrogen-bond acceptors (Lipinski definition) is 3. The zero-order valence-corrected chi connectivity index (χ0v) is 13.6. The molecule has 1 amide bonds. The summed E-state index contributed by atoms with van der Waals surface area (Å²) in [7, 11) is 0. The minimum absolute atomic E-state index is 0.314. The second-order valence-corrected chi connectivity index (χ2v) is 6.70. The van der Waals surface area contributed by atoms with Gasteiger partial charge in [0.25, 0.3) is 0 Å². The molecule has 122 valence electrons. The van der Waals surface area contributed by atoms with Crippen LogP contribution in [0.3, 0.4) is 0 Å². The van der Waals surface area contributed by atoms with Crippen molar-refractivity contribution < 1.29 is 4.79 Å². The second kappa shape index (κ2) is 9.42. The van der Waals surface area contributed by atoms with Gasteiger partial charge in [-0.15, -0.1) is 0 Å². The first-order chi connectivity index (χ1) is 10.3. The summed E-state index contributed by atoms with van der Waals surface area (Å²) in [5.74, 6) is 0.757. The van der Waals surface area contributed by atoms with E-state index in [0.717, 1.165) is 58.5 Å². The lowest BCUT2D eigenvalue weighted by molar-refractivity contribution is -0.138. The average Bonchev–Trinajstić information content (AvgIpc) is 2.47. The Labute approximate surface area is 130 Å². The van der Waals surface area contributed by atoms with Gasteiger partial charge < -0.3 is 10.6 Å². The Bertz CT molecular complexity index is 292. The number of amides is 1. The molecule has 0 spiro atoms. The molecule has 0 aromatic heterocycles. The third-order valence-corrected chi connectivity index (χ3v) is 5.07. The quantitative estimate of drug-likeness (QED) is 0.791. The van der Waals surface area contributed by atoms with Gasteiger partial charge in [0.2, 0.25) is 5.91 Å². The van der Waals surface area contributed by atoms with Gasteiger partial charge in [-0.1, -0.05) is 32.1 Å². The van der Waals surface area contributed by atoms with Crippen molar-refractivity contribution in [3.8, 4) is 0 Å². The van der Waals surface area contributed by atoms with Crippen LogP contribution in [0, 0.1) is 5.92 Å². The maximum Gasteiger partial charge on any atom is 0.225 e. The van der Waals surface area contributed by atoms with Crippen LogP contribution >= 0.6 is 0 Å². The summed E-state index contributed by atoms with van der Waals surface area (Å²) in [6.07, 6.45) is 11.0. The average molecular weight is 295 g/mol. The molecule has 4 nitrogen and oxygen atoms in total. The van der Waals surface area contributed by atoms with E-state index in [9.17, 15) is 4.79 Å². The Hall–Kier alpha value is -0.610. The summed E-state index contributed by atoms with van der Waals surface area (Å²) in [6, 6.07) is 0. The molecule has 0 radical (unpaired) electrons. The third kappa shape index (κ3) is 5.59. The van der Waals surface area contributed by atoms with Gasteiger partial charge in [-0.25, -0.2) is 0 Å². The second-order valence-electron chi connectivity index (χ2n) is 6.70. The number of carbonyl (C=O) groups excluding carboxylic acids is 1. The van der Waals surface area contributed by atoms with Crippen molar-refractivity contribution in [1.29, 1.82) is 0 Å². The third-order valence-electron chi connectivity index (χ3n) is 5.07. The van der Waals surface area contributed by atoms with Gasteiger partial charge in [-0.05, 0) is 38.8 Å². The van der Waals surface area contributed by atoms with Crippen LogP contribution in [0.5, 0.6) is 0 Å². The van der Waals surface area contributed by atoms with Gasteiger partial charge in [0, 0.05) is 32.1 Å². The van der Waals surface area contributed by atoms with E-state index in [0.29, 0.717) is 11.8 Å². The Morgan fingerprint density at radius 2 is 1.52 bits per heavy atom. The van der Waals surface area contributed by atoms with Crippen LogP contribution < -0.4 is 5.73 Å². The summed E-state index contributed by atoms with van der Waals surface area (Å²) < 4.78 is 0. The first-order valence-corrected chi connectivity index (χ1v) is 9.02. The molecule has 1 heterocycles. The zero-order chi connectivity index (χ0) is 14.9. The minimum atomic E-state index is 0.314. The molecule has 0 aromatic rings. The molecule has 0 bridgehead atoms. The van der Waals surface area contributed by atoms with Crippen LogP contribution in [0.25, 0.3) is 0 Å². The fourth-order valence-corrected chi connectivity index (χ4v) is 3.63. The van der Waals surface area contributed by atoms with Crippen molar-refractivity contribution in [2.75, 3.05) is 39.3 Å². The number of carbonyl (C=O) groups is 1. The number of unbranched alkanes of at least 4 members (excludes halogenated alkanes) is 1. The van der Waals surface area contributed by atoms with Crippen molar-refractivity contribution in [3.63, 3.8) is 0 Å². The highest BCUT2D eigenvalue weighted by Crippen LogP contribution is 2.24. The van der Waals surface area contributed by atoms with Gasteiger partial charge in [0.15, 0.2) is 0 Å². The summed E-state index contributed by atoms with van der Waals surface area (Å²) in [6.45, 7) is 5.88. The number of nitrogens with zero attached hydrogens (tertiary/aromatic N) is 2. The highest BCUT2D eigenvalue weighted by atomic mass is 16.2. The van der Waals surface area contributed by atoms with E-state index in [1.165, 1.54) is 38.5 Å². The lowest BCUT2D eigenvalue weighted by Crippen LogP contribution is -2.50. The predicted octanol–water partition coefficient (Wildman–Crippen LogP) is 2.23. The molecular weight excluding hydrogens is 262 g/mol. The highest BCUT2D eigenvalue weighted by molar-refractivity contribution is 5.79. The van der Waals surface area contributed by atoms with Crippen molar-refractivity contribution in [3.05, 3.63) is 0 Å². The van der Waals surface area contributed by atoms with Crippen LogP contribution in [0.2, 0.25) is 0 Å². The Morgan fingerprint density at radius 1 is 0.905 bits per heavy atom. The molecule has 1 saturated heterocycles. The molecule has 2 aliphatic rings. The molecule has 0 atom stereocenters. The van der Waals surface area contributed by atoms with Crippen LogP contribution in [0.4, 0.5) is 0 Å². The molecule has 1 aliphatic heterocycles. The largest absolute Gasteiger partial charge is 0.340 e. The molecule has 0 unspecified atom stereocenters. The van der Waals surface area contributed by atoms with Crippen molar-refractivity contribution >= 4 is 5.91 Å². The summed E-state index contributed by atoms with van der Waals surface area (Å²) in [5, 5.41) is 0. The summed E-state index contributed by atoms with van der Waals surface area (Å²) in [4.78, 5) is 17.3. The molecule has 1 saturated carbocycles. The molecule has 2 N–H and O–H groups in total. The van der Waals surface area contributed by atoms with Crippen molar-refractivity contribution in [1.82, 2.24) is 9.80 Å². The molecular formula is C17H33N3O. The maximum atomic E-state index is 12.7. The predicted molar refractivity (Wildman–Crippen MR) is 87.1 cm³/mol. The van der Waals surface area contributed by atoms with Crippen LogP contribution in [-0.4, -0.2) is 55.0 Å². The van der Waals surface area contributed by atoms with Gasteiger partial charge in [0.1, 0.15) is 0 Å².